The zero-order valence-electron chi connectivity index (χ0n) is 18.3. The Kier molecular flexibility index (Phi) is 6.28. The van der Waals surface area contributed by atoms with Crippen LogP contribution in [0.25, 0.3) is 11.0 Å². The van der Waals surface area contributed by atoms with Crippen molar-refractivity contribution in [2.24, 2.45) is 0 Å². The van der Waals surface area contributed by atoms with Gasteiger partial charge in [-0.2, -0.15) is 0 Å². The lowest BCUT2D eigenvalue weighted by Gasteiger charge is -2.34. The Bertz CT molecular complexity index is 1230. The van der Waals surface area contributed by atoms with E-state index >= 15 is 0 Å². The minimum absolute atomic E-state index is 0.0757. The highest BCUT2D eigenvalue weighted by molar-refractivity contribution is 6.30. The molecule has 2 amide bonds. The molecule has 33 heavy (non-hydrogen) atoms. The predicted octanol–water partition coefficient (Wildman–Crippen LogP) is 5.09. The molecule has 0 saturated carbocycles. The van der Waals surface area contributed by atoms with E-state index in [4.69, 9.17) is 16.6 Å². The van der Waals surface area contributed by atoms with Gasteiger partial charge in [0.2, 0.25) is 0 Å². The Balaban J connectivity index is 1.25. The zero-order valence-corrected chi connectivity index (χ0v) is 19.1. The number of benzene rings is 3. The van der Waals surface area contributed by atoms with E-state index in [2.05, 4.69) is 57.2 Å². The van der Waals surface area contributed by atoms with Crippen molar-refractivity contribution in [1.29, 1.82) is 0 Å². The second-order valence-corrected chi connectivity index (χ2v) is 8.73. The number of hydrogen-bond acceptors (Lipinski definition) is 3. The van der Waals surface area contributed by atoms with Crippen molar-refractivity contribution in [3.05, 3.63) is 95.3 Å². The summed E-state index contributed by atoms with van der Waals surface area (Å²) < 4.78 is 2.31. The van der Waals surface area contributed by atoms with E-state index < -0.39 is 0 Å². The lowest BCUT2D eigenvalue weighted by molar-refractivity contribution is 0.140. The molecular weight excluding hydrogens is 434 g/mol. The van der Waals surface area contributed by atoms with Gasteiger partial charge in [-0.15, -0.1) is 0 Å². The van der Waals surface area contributed by atoms with E-state index in [1.54, 1.807) is 12.1 Å². The molecule has 0 aliphatic carbocycles. The monoisotopic (exact) mass is 459 g/mol. The minimum atomic E-state index is -0.0757. The first-order valence-electron chi connectivity index (χ1n) is 11.2. The molecule has 0 radical (unpaired) electrons. The number of anilines is 1. The van der Waals surface area contributed by atoms with Gasteiger partial charge in [-0.3, -0.25) is 4.90 Å². The van der Waals surface area contributed by atoms with Crippen LogP contribution in [-0.4, -0.2) is 51.6 Å². The van der Waals surface area contributed by atoms with Gasteiger partial charge in [0.25, 0.3) is 0 Å². The zero-order chi connectivity index (χ0) is 22.6. The molecule has 3 aromatic carbocycles. The third-order valence-electron chi connectivity index (χ3n) is 6.04. The van der Waals surface area contributed by atoms with Gasteiger partial charge in [0.1, 0.15) is 5.82 Å². The number of urea groups is 1. The highest BCUT2D eigenvalue weighted by atomic mass is 35.5. The molecule has 1 fully saturated rings. The quantitative estimate of drug-likeness (QED) is 0.452. The van der Waals surface area contributed by atoms with Gasteiger partial charge in [0.15, 0.2) is 0 Å². The molecule has 1 aromatic heterocycles. The molecule has 0 bridgehead atoms. The number of fused-ring (bicyclic) bond motifs is 1. The Morgan fingerprint density at radius 2 is 1.55 bits per heavy atom. The van der Waals surface area contributed by atoms with Crippen LogP contribution in [0.15, 0.2) is 78.9 Å². The highest BCUT2D eigenvalue weighted by Crippen LogP contribution is 2.20. The number of carbonyl (C=O) groups is 1. The molecule has 1 aliphatic heterocycles. The van der Waals surface area contributed by atoms with E-state index in [1.165, 1.54) is 5.56 Å². The summed E-state index contributed by atoms with van der Waals surface area (Å²) in [5.74, 6) is 1.05. The third-order valence-corrected chi connectivity index (χ3v) is 6.29. The maximum Gasteiger partial charge on any atom is 0.321 e. The van der Waals surface area contributed by atoms with Crippen LogP contribution in [0.1, 0.15) is 11.4 Å². The summed E-state index contributed by atoms with van der Waals surface area (Å²) >= 11 is 5.93. The van der Waals surface area contributed by atoms with E-state index in [1.807, 2.05) is 29.2 Å². The summed E-state index contributed by atoms with van der Waals surface area (Å²) in [5, 5.41) is 3.60. The van der Waals surface area contributed by atoms with Crippen molar-refractivity contribution in [1.82, 2.24) is 19.4 Å². The van der Waals surface area contributed by atoms with Crippen LogP contribution in [0.4, 0.5) is 10.5 Å². The number of rotatable bonds is 5. The molecule has 4 aromatic rings. The fourth-order valence-electron chi connectivity index (χ4n) is 4.23. The molecule has 7 heteroatoms. The molecule has 168 valence electrons. The molecule has 0 atom stereocenters. The molecule has 0 unspecified atom stereocenters. The minimum Gasteiger partial charge on any atom is -0.322 e. The van der Waals surface area contributed by atoms with Gasteiger partial charge in [-0.1, -0.05) is 54.1 Å². The van der Waals surface area contributed by atoms with Crippen molar-refractivity contribution in [3.63, 3.8) is 0 Å². The van der Waals surface area contributed by atoms with E-state index in [-0.39, 0.29) is 6.03 Å². The van der Waals surface area contributed by atoms with Gasteiger partial charge in [-0.25, -0.2) is 9.78 Å². The molecule has 1 saturated heterocycles. The summed E-state index contributed by atoms with van der Waals surface area (Å²) in [6.45, 7) is 4.52. The summed E-state index contributed by atoms with van der Waals surface area (Å²) in [4.78, 5) is 21.8. The van der Waals surface area contributed by atoms with Crippen molar-refractivity contribution in [2.75, 3.05) is 31.5 Å². The smallest absolute Gasteiger partial charge is 0.321 e. The Hall–Kier alpha value is -3.35. The number of carbonyl (C=O) groups excluding carboxylic acids is 1. The molecule has 0 spiro atoms. The average Bonchev–Trinajstić information content (AvgIpc) is 3.18. The van der Waals surface area contributed by atoms with Crippen molar-refractivity contribution < 1.29 is 4.79 Å². The lowest BCUT2D eigenvalue weighted by Crippen LogP contribution is -2.49. The number of nitrogens with zero attached hydrogens (tertiary/aromatic N) is 4. The molecule has 1 N–H and O–H groups in total. The van der Waals surface area contributed by atoms with Crippen LogP contribution < -0.4 is 5.32 Å². The first-order chi connectivity index (χ1) is 16.2. The summed E-state index contributed by atoms with van der Waals surface area (Å²) in [7, 11) is 0. The SMILES string of the molecule is O=C(Nc1ccc(Cl)cc1)N1CCN(Cc2nc3ccccc3n2Cc2ccccc2)CC1. The lowest BCUT2D eigenvalue weighted by atomic mass is 10.2. The number of piperazine rings is 1. The van der Waals surface area contributed by atoms with Crippen molar-refractivity contribution >= 4 is 34.4 Å². The van der Waals surface area contributed by atoms with Gasteiger partial charge >= 0.3 is 6.03 Å². The van der Waals surface area contributed by atoms with Crippen LogP contribution >= 0.6 is 11.6 Å². The first kappa shape index (κ1) is 21.5. The maximum atomic E-state index is 12.6. The fraction of sp³-hybridized carbons (Fsp3) is 0.231. The number of halogens is 1. The standard InChI is InChI=1S/C26H26ClN5O/c27-21-10-12-22(13-11-21)28-26(33)31-16-14-30(15-17-31)19-25-29-23-8-4-5-9-24(23)32(25)18-20-6-2-1-3-7-20/h1-13H,14-19H2,(H,28,33). The molecule has 2 heterocycles. The Labute approximate surface area is 198 Å². The number of aromatic nitrogens is 2. The third kappa shape index (κ3) is 5.02. The van der Waals surface area contributed by atoms with Crippen LogP contribution in [0.5, 0.6) is 0 Å². The number of hydrogen-bond donors (Lipinski definition) is 1. The second-order valence-electron chi connectivity index (χ2n) is 8.29. The first-order valence-corrected chi connectivity index (χ1v) is 11.6. The van der Waals surface area contributed by atoms with Crippen LogP contribution in [-0.2, 0) is 13.1 Å². The van der Waals surface area contributed by atoms with Gasteiger partial charge in [0.05, 0.1) is 17.6 Å². The number of amides is 2. The van der Waals surface area contributed by atoms with Crippen molar-refractivity contribution in [2.45, 2.75) is 13.1 Å². The van der Waals surface area contributed by atoms with E-state index in [0.717, 1.165) is 48.7 Å². The molecule has 6 nitrogen and oxygen atoms in total. The molecule has 5 rings (SSSR count). The summed E-state index contributed by atoms with van der Waals surface area (Å²) in [6.07, 6.45) is 0. The second kappa shape index (κ2) is 9.65. The number of nitrogens with one attached hydrogen (secondary N) is 1. The number of imidazole rings is 1. The van der Waals surface area contributed by atoms with Gasteiger partial charge in [0, 0.05) is 43.4 Å². The molecule has 1 aliphatic rings. The summed E-state index contributed by atoms with van der Waals surface area (Å²) in [5.41, 5.74) is 4.17. The Morgan fingerprint density at radius 1 is 0.848 bits per heavy atom. The van der Waals surface area contributed by atoms with E-state index in [9.17, 15) is 4.79 Å². The van der Waals surface area contributed by atoms with Crippen LogP contribution in [0.3, 0.4) is 0 Å². The normalized spacial score (nSPS) is 14.5. The topological polar surface area (TPSA) is 53.4 Å². The summed E-state index contributed by atoms with van der Waals surface area (Å²) in [6, 6.07) is 25.9. The Morgan fingerprint density at radius 3 is 2.30 bits per heavy atom. The maximum absolute atomic E-state index is 12.6. The predicted molar refractivity (Wildman–Crippen MR) is 133 cm³/mol. The molecular formula is C26H26ClN5O. The van der Waals surface area contributed by atoms with E-state index in [0.29, 0.717) is 18.1 Å². The van der Waals surface area contributed by atoms with Gasteiger partial charge in [-0.05, 0) is 42.0 Å². The van der Waals surface area contributed by atoms with Crippen LogP contribution in [0, 0.1) is 0 Å². The highest BCUT2D eigenvalue weighted by Gasteiger charge is 2.23. The average molecular weight is 460 g/mol. The fourth-order valence-corrected chi connectivity index (χ4v) is 4.36. The largest absolute Gasteiger partial charge is 0.322 e. The van der Waals surface area contributed by atoms with Gasteiger partial charge < -0.3 is 14.8 Å². The van der Waals surface area contributed by atoms with Crippen LogP contribution in [0.2, 0.25) is 5.02 Å². The number of para-hydroxylation sites is 2. The van der Waals surface area contributed by atoms with Crippen molar-refractivity contribution in [3.8, 4) is 0 Å².